The molecule has 2 heterocycles. The Hall–Kier alpha value is -2.27. The zero-order chi connectivity index (χ0) is 16.9. The highest BCUT2D eigenvalue weighted by Gasteiger charge is 2.26. The van der Waals surface area contributed by atoms with Crippen LogP contribution in [0.25, 0.3) is 0 Å². The molecule has 1 saturated heterocycles. The van der Waals surface area contributed by atoms with Gasteiger partial charge in [-0.25, -0.2) is 12.9 Å². The van der Waals surface area contributed by atoms with E-state index >= 15 is 0 Å². The highest BCUT2D eigenvalue weighted by Crippen LogP contribution is 2.16. The first-order chi connectivity index (χ1) is 11.7. The number of nitrogen functional groups attached to an aromatic ring is 1. The number of piperazine rings is 1. The van der Waals surface area contributed by atoms with E-state index in [-0.39, 0.29) is 17.3 Å². The summed E-state index contributed by atoms with van der Waals surface area (Å²) in [4.78, 5) is 4.41. The second kappa shape index (κ2) is 7.53. The number of rotatable bonds is 2. The van der Waals surface area contributed by atoms with E-state index in [2.05, 4.69) is 22.1 Å². The van der Waals surface area contributed by atoms with Crippen molar-refractivity contribution in [3.05, 3.63) is 54.1 Å². The van der Waals surface area contributed by atoms with E-state index in [0.717, 1.165) is 17.6 Å². The highest BCUT2D eigenvalue weighted by atomic mass is 32.2. The van der Waals surface area contributed by atoms with Gasteiger partial charge in [-0.05, 0) is 12.1 Å². The summed E-state index contributed by atoms with van der Waals surface area (Å²) in [6.45, 7) is 1.87. The second-order valence-electron chi connectivity index (χ2n) is 5.28. The van der Waals surface area contributed by atoms with E-state index in [1.165, 1.54) is 6.20 Å². The Balaban J connectivity index is 1.86. The lowest BCUT2D eigenvalue weighted by atomic mass is 10.2. The van der Waals surface area contributed by atoms with Crippen LogP contribution in [0.15, 0.2) is 47.6 Å². The molecule has 2 aromatic rings. The van der Waals surface area contributed by atoms with Crippen LogP contribution in [0.2, 0.25) is 0 Å². The van der Waals surface area contributed by atoms with Crippen molar-refractivity contribution < 1.29 is 8.60 Å². The maximum absolute atomic E-state index is 13.8. The number of nitrogens with one attached hydrogen (secondary N) is 1. The van der Waals surface area contributed by atoms with Gasteiger partial charge in [0.25, 0.3) is 0 Å². The van der Waals surface area contributed by atoms with Crippen molar-refractivity contribution in [1.29, 1.82) is 0 Å². The minimum atomic E-state index is -1.32. The fraction of sp³-hybridized carbons (Fsp3) is 0.235. The van der Waals surface area contributed by atoms with E-state index in [0.29, 0.717) is 13.1 Å². The third kappa shape index (κ3) is 3.62. The Bertz CT molecular complexity index is 783. The largest absolute Gasteiger partial charge is 0.396 e. The molecule has 124 valence electrons. The molecule has 1 aliphatic rings. The fourth-order valence-electron chi connectivity index (χ4n) is 2.42. The molecule has 0 bridgehead atoms. The molecular formula is C17H17FN4OS. The minimum absolute atomic E-state index is 0.126. The van der Waals surface area contributed by atoms with Gasteiger partial charge in [-0.1, -0.05) is 30.0 Å². The van der Waals surface area contributed by atoms with Crippen molar-refractivity contribution in [2.75, 3.05) is 25.4 Å². The summed E-state index contributed by atoms with van der Waals surface area (Å²) < 4.78 is 28.4. The normalized spacial score (nSPS) is 19.3. The zero-order valence-electron chi connectivity index (χ0n) is 12.9. The molecule has 0 aliphatic carbocycles. The van der Waals surface area contributed by atoms with Gasteiger partial charge in [0.1, 0.15) is 11.0 Å². The number of aromatic nitrogens is 1. The Morgan fingerprint density at radius 3 is 2.88 bits per heavy atom. The van der Waals surface area contributed by atoms with Gasteiger partial charge in [0, 0.05) is 19.6 Å². The van der Waals surface area contributed by atoms with Crippen LogP contribution in [0.1, 0.15) is 5.56 Å². The summed E-state index contributed by atoms with van der Waals surface area (Å²) in [5, 5.41) is 3.22. The van der Waals surface area contributed by atoms with Gasteiger partial charge in [-0.2, -0.15) is 0 Å². The quantitative estimate of drug-likeness (QED) is 0.802. The molecule has 3 rings (SSSR count). The zero-order valence-corrected chi connectivity index (χ0v) is 13.7. The van der Waals surface area contributed by atoms with Gasteiger partial charge in [0.2, 0.25) is 0 Å². The van der Waals surface area contributed by atoms with Crippen molar-refractivity contribution in [2.45, 2.75) is 10.9 Å². The molecule has 1 aliphatic heterocycles. The van der Waals surface area contributed by atoms with E-state index in [4.69, 9.17) is 5.73 Å². The molecule has 0 spiro atoms. The predicted molar refractivity (Wildman–Crippen MR) is 91.7 cm³/mol. The van der Waals surface area contributed by atoms with Crippen LogP contribution in [0.5, 0.6) is 0 Å². The first-order valence-electron chi connectivity index (χ1n) is 7.51. The van der Waals surface area contributed by atoms with Crippen LogP contribution in [-0.4, -0.2) is 39.2 Å². The van der Waals surface area contributed by atoms with Gasteiger partial charge in [0.15, 0.2) is 5.82 Å². The SMILES string of the molecule is Nc1cncc(F)c1C#C[C@H]1CNCCN1S(=O)c1ccccc1. The molecule has 0 radical (unpaired) electrons. The molecular weight excluding hydrogens is 327 g/mol. The summed E-state index contributed by atoms with van der Waals surface area (Å²) in [7, 11) is -1.32. The van der Waals surface area contributed by atoms with Crippen LogP contribution in [-0.2, 0) is 11.0 Å². The number of nitrogens with zero attached hydrogens (tertiary/aromatic N) is 2. The molecule has 2 atom stereocenters. The van der Waals surface area contributed by atoms with Crippen molar-refractivity contribution in [3.63, 3.8) is 0 Å². The topological polar surface area (TPSA) is 71.2 Å². The summed E-state index contributed by atoms with van der Waals surface area (Å²) in [6, 6.07) is 8.93. The minimum Gasteiger partial charge on any atom is -0.396 e. The summed E-state index contributed by atoms with van der Waals surface area (Å²) in [6.07, 6.45) is 2.45. The highest BCUT2D eigenvalue weighted by molar-refractivity contribution is 7.82. The predicted octanol–water partition coefficient (Wildman–Crippen LogP) is 1.15. The number of hydrogen-bond donors (Lipinski definition) is 2. The third-order valence-electron chi connectivity index (χ3n) is 3.64. The van der Waals surface area contributed by atoms with Crippen LogP contribution in [0.4, 0.5) is 10.1 Å². The van der Waals surface area contributed by atoms with E-state index < -0.39 is 16.8 Å². The van der Waals surface area contributed by atoms with E-state index in [1.807, 2.05) is 34.6 Å². The molecule has 0 amide bonds. The van der Waals surface area contributed by atoms with Crippen molar-refractivity contribution >= 4 is 16.7 Å². The maximum Gasteiger partial charge on any atom is 0.159 e. The second-order valence-corrected chi connectivity index (χ2v) is 6.72. The smallest absolute Gasteiger partial charge is 0.159 e. The van der Waals surface area contributed by atoms with Gasteiger partial charge < -0.3 is 11.1 Å². The molecule has 5 nitrogen and oxygen atoms in total. The molecule has 7 heteroatoms. The van der Waals surface area contributed by atoms with Gasteiger partial charge in [0.05, 0.1) is 34.6 Å². The average molecular weight is 344 g/mol. The standard InChI is InChI=1S/C17H17FN4OS/c18-16-11-21-12-17(19)15(16)7-6-13-10-20-8-9-22(13)24(23)14-4-2-1-3-5-14/h1-5,11-13,20H,8-10,19H2/t13-,24?/m0/s1. The Labute approximate surface area is 142 Å². The molecule has 1 unspecified atom stereocenters. The number of benzene rings is 1. The molecule has 1 aromatic heterocycles. The van der Waals surface area contributed by atoms with Crippen LogP contribution in [0.3, 0.4) is 0 Å². The van der Waals surface area contributed by atoms with E-state index in [1.54, 1.807) is 0 Å². The monoisotopic (exact) mass is 344 g/mol. The lowest BCUT2D eigenvalue weighted by Crippen LogP contribution is -2.51. The molecule has 24 heavy (non-hydrogen) atoms. The van der Waals surface area contributed by atoms with Crippen LogP contribution < -0.4 is 11.1 Å². The first kappa shape index (κ1) is 16.6. The first-order valence-corrected chi connectivity index (χ1v) is 8.62. The summed E-state index contributed by atoms with van der Waals surface area (Å²) in [5.74, 6) is 5.22. The number of hydrogen-bond acceptors (Lipinski definition) is 4. The van der Waals surface area contributed by atoms with Gasteiger partial charge in [-0.3, -0.25) is 4.98 Å². The third-order valence-corrected chi connectivity index (χ3v) is 5.18. The summed E-state index contributed by atoms with van der Waals surface area (Å²) in [5.41, 5.74) is 6.05. The van der Waals surface area contributed by atoms with Crippen molar-refractivity contribution in [1.82, 2.24) is 14.6 Å². The Morgan fingerprint density at radius 2 is 2.12 bits per heavy atom. The number of anilines is 1. The molecule has 0 saturated carbocycles. The molecule has 3 N–H and O–H groups in total. The number of pyridine rings is 1. The van der Waals surface area contributed by atoms with E-state index in [9.17, 15) is 8.60 Å². The number of halogens is 1. The van der Waals surface area contributed by atoms with Crippen LogP contribution >= 0.6 is 0 Å². The van der Waals surface area contributed by atoms with Crippen LogP contribution in [0, 0.1) is 17.7 Å². The number of nitrogens with two attached hydrogens (primary N) is 1. The van der Waals surface area contributed by atoms with Crippen molar-refractivity contribution in [3.8, 4) is 11.8 Å². The Morgan fingerprint density at radius 1 is 1.33 bits per heavy atom. The van der Waals surface area contributed by atoms with Gasteiger partial charge >= 0.3 is 0 Å². The molecule has 1 aromatic carbocycles. The van der Waals surface area contributed by atoms with Crippen molar-refractivity contribution in [2.24, 2.45) is 0 Å². The summed E-state index contributed by atoms with van der Waals surface area (Å²) >= 11 is 0. The Kier molecular flexibility index (Phi) is 5.20. The lowest BCUT2D eigenvalue weighted by Gasteiger charge is -2.31. The maximum atomic E-state index is 13.8. The molecule has 1 fully saturated rings. The lowest BCUT2D eigenvalue weighted by molar-refractivity contribution is 0.330. The fourth-order valence-corrected chi connectivity index (χ4v) is 3.69. The van der Waals surface area contributed by atoms with Gasteiger partial charge in [-0.15, -0.1) is 0 Å². The average Bonchev–Trinajstić information content (AvgIpc) is 2.62.